The molecule has 1 saturated carbocycles. The van der Waals surface area contributed by atoms with Crippen molar-refractivity contribution < 1.29 is 23.8 Å². The van der Waals surface area contributed by atoms with E-state index in [0.29, 0.717) is 0 Å². The number of rotatable bonds is 3. The molecule has 0 aromatic rings. The molecule has 1 aliphatic carbocycles. The highest BCUT2D eigenvalue weighted by molar-refractivity contribution is 6.20. The number of carbonyl (C=O) groups excluding carboxylic acids is 2. The summed E-state index contributed by atoms with van der Waals surface area (Å²) in [5.41, 5.74) is 0. The molecule has 0 amide bonds. The van der Waals surface area contributed by atoms with Gasteiger partial charge in [0.2, 0.25) is 0 Å². The van der Waals surface area contributed by atoms with Crippen LogP contribution in [0.2, 0.25) is 0 Å². The van der Waals surface area contributed by atoms with E-state index in [0.717, 1.165) is 19.3 Å². The summed E-state index contributed by atoms with van der Waals surface area (Å²) in [6.07, 6.45) is 9.82. The van der Waals surface area contributed by atoms with Gasteiger partial charge >= 0.3 is 11.9 Å². The van der Waals surface area contributed by atoms with Crippen molar-refractivity contribution in [3.8, 4) is 11.8 Å². The summed E-state index contributed by atoms with van der Waals surface area (Å²) in [6.45, 7) is 2.68. The first-order chi connectivity index (χ1) is 12.9. The molecule has 0 radical (unpaired) electrons. The van der Waals surface area contributed by atoms with Crippen LogP contribution in [0.4, 0.5) is 0 Å². The highest BCUT2D eigenvalue weighted by Crippen LogP contribution is 2.25. The van der Waals surface area contributed by atoms with Gasteiger partial charge < -0.3 is 14.2 Å². The maximum atomic E-state index is 11.3. The molecule has 0 spiro atoms. The molecule has 150 valence electrons. The fourth-order valence-corrected chi connectivity index (χ4v) is 3.72. The maximum Gasteiger partial charge on any atom is 0.303 e. The van der Waals surface area contributed by atoms with Crippen molar-refractivity contribution in [3.05, 3.63) is 12.2 Å². The van der Waals surface area contributed by atoms with Crippen molar-refractivity contribution in [2.24, 2.45) is 5.92 Å². The third kappa shape index (κ3) is 8.36. The second kappa shape index (κ2) is 11.4. The summed E-state index contributed by atoms with van der Waals surface area (Å²) >= 11 is 6.43. The van der Waals surface area contributed by atoms with E-state index in [1.165, 1.54) is 39.5 Å². The average molecular weight is 397 g/mol. The maximum absolute atomic E-state index is 11.3. The Balaban J connectivity index is 2.01. The fourth-order valence-electron chi connectivity index (χ4n) is 3.35. The molecule has 27 heavy (non-hydrogen) atoms. The van der Waals surface area contributed by atoms with Gasteiger partial charge in [0.25, 0.3) is 0 Å². The van der Waals surface area contributed by atoms with Gasteiger partial charge in [-0.3, -0.25) is 9.59 Å². The Morgan fingerprint density at radius 1 is 1.07 bits per heavy atom. The highest BCUT2D eigenvalue weighted by atomic mass is 35.5. The van der Waals surface area contributed by atoms with E-state index in [9.17, 15) is 9.59 Å². The van der Waals surface area contributed by atoms with Crippen LogP contribution in [0.1, 0.15) is 58.8 Å². The van der Waals surface area contributed by atoms with E-state index in [2.05, 4.69) is 11.8 Å². The third-order valence-electron chi connectivity index (χ3n) is 4.71. The summed E-state index contributed by atoms with van der Waals surface area (Å²) < 4.78 is 16.2. The van der Waals surface area contributed by atoms with E-state index in [4.69, 9.17) is 25.8 Å². The summed E-state index contributed by atoms with van der Waals surface area (Å²) in [4.78, 5) is 22.4. The van der Waals surface area contributed by atoms with Crippen LogP contribution in [0.3, 0.4) is 0 Å². The fraction of sp³-hybridized carbons (Fsp3) is 0.714. The van der Waals surface area contributed by atoms with Crippen LogP contribution in [0.15, 0.2) is 12.2 Å². The molecule has 2 rings (SSSR count). The standard InChI is InChI=1S/C21H29ClO5/c1-15(23)25-14-21-20(26-16(2)24)12-11-19(27-21)10-9-17-7-5-3-4-6-8-18(22)13-17/h11-12,17-21H,3-8,13-14H2,1-2H3/t17?,18?,19-,20+,21-/m1/s1. The Morgan fingerprint density at radius 2 is 1.81 bits per heavy atom. The molecular formula is C21H29ClO5. The first kappa shape index (κ1) is 21.8. The minimum Gasteiger partial charge on any atom is -0.463 e. The number of esters is 2. The van der Waals surface area contributed by atoms with Gasteiger partial charge in [-0.05, 0) is 31.4 Å². The van der Waals surface area contributed by atoms with Gasteiger partial charge in [-0.15, -0.1) is 11.6 Å². The van der Waals surface area contributed by atoms with Crippen LogP contribution < -0.4 is 0 Å². The topological polar surface area (TPSA) is 61.8 Å². The van der Waals surface area contributed by atoms with Crippen LogP contribution in [0.5, 0.6) is 0 Å². The SMILES string of the molecule is CC(=O)OC[C@H]1O[C@H](C#CC2CCCCCCC(Cl)C2)C=C[C@@H]1OC(C)=O. The summed E-state index contributed by atoms with van der Waals surface area (Å²) in [6, 6.07) is 0. The summed E-state index contributed by atoms with van der Waals surface area (Å²) in [5.74, 6) is 5.95. The number of alkyl halides is 1. The molecule has 5 atom stereocenters. The molecule has 1 heterocycles. The lowest BCUT2D eigenvalue weighted by Gasteiger charge is -2.29. The zero-order chi connectivity index (χ0) is 19.6. The molecule has 1 fully saturated rings. The molecule has 5 nitrogen and oxygen atoms in total. The minimum atomic E-state index is -0.586. The second-order valence-electron chi connectivity index (χ2n) is 7.17. The summed E-state index contributed by atoms with van der Waals surface area (Å²) in [5, 5.41) is 0.176. The van der Waals surface area contributed by atoms with Crippen LogP contribution in [0.25, 0.3) is 0 Å². The average Bonchev–Trinajstić information content (AvgIpc) is 2.71. The first-order valence-electron chi connectivity index (χ1n) is 9.73. The molecule has 0 aromatic heterocycles. The van der Waals surface area contributed by atoms with Crippen LogP contribution in [-0.2, 0) is 23.8 Å². The van der Waals surface area contributed by atoms with Gasteiger partial charge in [0.05, 0.1) is 0 Å². The Bertz CT molecular complexity index is 591. The van der Waals surface area contributed by atoms with E-state index in [1.54, 1.807) is 12.2 Å². The quantitative estimate of drug-likeness (QED) is 0.314. The number of carbonyl (C=O) groups is 2. The second-order valence-corrected chi connectivity index (χ2v) is 7.78. The number of hydrogen-bond acceptors (Lipinski definition) is 5. The van der Waals surface area contributed by atoms with Crippen LogP contribution in [-0.4, -0.2) is 42.2 Å². The predicted molar refractivity (Wildman–Crippen MR) is 103 cm³/mol. The number of ether oxygens (including phenoxy) is 3. The van der Waals surface area contributed by atoms with Crippen molar-refractivity contribution in [1.82, 2.24) is 0 Å². The third-order valence-corrected chi connectivity index (χ3v) is 5.10. The molecule has 1 aliphatic heterocycles. The van der Waals surface area contributed by atoms with Crippen molar-refractivity contribution in [2.45, 2.75) is 82.5 Å². The Hall–Kier alpha value is -1.51. The zero-order valence-electron chi connectivity index (χ0n) is 16.1. The van der Waals surface area contributed by atoms with E-state index >= 15 is 0 Å². The predicted octanol–water partition coefficient (Wildman–Crippen LogP) is 3.78. The van der Waals surface area contributed by atoms with Crippen molar-refractivity contribution >= 4 is 23.5 Å². The van der Waals surface area contributed by atoms with E-state index in [1.807, 2.05) is 0 Å². The van der Waals surface area contributed by atoms with E-state index in [-0.39, 0.29) is 17.9 Å². The molecule has 2 aliphatic rings. The first-order valence-corrected chi connectivity index (χ1v) is 10.2. The van der Waals surface area contributed by atoms with E-state index < -0.39 is 30.3 Å². The van der Waals surface area contributed by atoms with Crippen molar-refractivity contribution in [2.75, 3.05) is 6.61 Å². The molecule has 2 unspecified atom stereocenters. The monoisotopic (exact) mass is 396 g/mol. The zero-order valence-corrected chi connectivity index (χ0v) is 16.9. The molecule has 6 heteroatoms. The number of halogens is 1. The molecule has 0 aromatic carbocycles. The van der Waals surface area contributed by atoms with Gasteiger partial charge in [0.1, 0.15) is 24.9 Å². The highest BCUT2D eigenvalue weighted by Gasteiger charge is 2.30. The summed E-state index contributed by atoms with van der Waals surface area (Å²) in [7, 11) is 0. The van der Waals surface area contributed by atoms with Crippen LogP contribution in [0, 0.1) is 17.8 Å². The lowest BCUT2D eigenvalue weighted by molar-refractivity contribution is -0.161. The van der Waals surface area contributed by atoms with Crippen molar-refractivity contribution in [1.29, 1.82) is 0 Å². The Kier molecular flexibility index (Phi) is 9.17. The Morgan fingerprint density at radius 3 is 2.52 bits per heavy atom. The van der Waals surface area contributed by atoms with Gasteiger partial charge in [0.15, 0.2) is 0 Å². The normalized spacial score (nSPS) is 31.4. The molecule has 0 N–H and O–H groups in total. The largest absolute Gasteiger partial charge is 0.463 e. The van der Waals surface area contributed by atoms with Gasteiger partial charge in [-0.25, -0.2) is 0 Å². The van der Waals surface area contributed by atoms with Crippen LogP contribution >= 0.6 is 11.6 Å². The minimum absolute atomic E-state index is 0.0168. The van der Waals surface area contributed by atoms with Gasteiger partial charge in [-0.1, -0.05) is 37.5 Å². The molecule has 0 saturated heterocycles. The van der Waals surface area contributed by atoms with Gasteiger partial charge in [0, 0.05) is 25.1 Å². The van der Waals surface area contributed by atoms with Gasteiger partial charge in [-0.2, -0.15) is 0 Å². The Labute approximate surface area is 166 Å². The number of hydrogen-bond donors (Lipinski definition) is 0. The van der Waals surface area contributed by atoms with Crippen molar-refractivity contribution in [3.63, 3.8) is 0 Å². The lowest BCUT2D eigenvalue weighted by atomic mass is 9.97. The molecular weight excluding hydrogens is 368 g/mol. The molecule has 0 bridgehead atoms. The smallest absolute Gasteiger partial charge is 0.303 e. The lowest BCUT2D eigenvalue weighted by Crippen LogP contribution is -2.41.